The highest BCUT2D eigenvalue weighted by Gasteiger charge is 2.38. The fourth-order valence-electron chi connectivity index (χ4n) is 2.09. The third-order valence-corrected chi connectivity index (χ3v) is 3.61. The maximum absolute atomic E-state index is 13.8. The number of benzene rings is 1. The lowest BCUT2D eigenvalue weighted by atomic mass is 9.75. The van der Waals surface area contributed by atoms with Crippen LogP contribution in [0.3, 0.4) is 0 Å². The van der Waals surface area contributed by atoms with Gasteiger partial charge in [0.25, 0.3) is 0 Å². The van der Waals surface area contributed by atoms with E-state index < -0.39 is 5.60 Å². The van der Waals surface area contributed by atoms with Crippen molar-refractivity contribution in [2.75, 3.05) is 0 Å². The van der Waals surface area contributed by atoms with Crippen molar-refractivity contribution in [1.82, 2.24) is 0 Å². The first-order chi connectivity index (χ1) is 7.30. The monoisotopic (exact) mass is 288 g/mol. The second-order valence-electron chi connectivity index (χ2n) is 4.76. The van der Waals surface area contributed by atoms with Gasteiger partial charge in [-0.1, -0.05) is 43.6 Å². The van der Waals surface area contributed by atoms with Gasteiger partial charge in [-0.25, -0.2) is 4.39 Å². The first-order valence-corrected chi connectivity index (χ1v) is 6.27. The Bertz CT molecular complexity index is 366. The lowest BCUT2D eigenvalue weighted by Crippen LogP contribution is -2.38. The van der Waals surface area contributed by atoms with Crippen LogP contribution < -0.4 is 0 Å². The second-order valence-corrected chi connectivity index (χ2v) is 5.67. The summed E-state index contributed by atoms with van der Waals surface area (Å²) in [6.45, 7) is 7.61. The highest BCUT2D eigenvalue weighted by Crippen LogP contribution is 2.38. The van der Waals surface area contributed by atoms with Crippen molar-refractivity contribution >= 4 is 15.9 Å². The molecule has 0 amide bonds. The molecule has 0 aromatic heterocycles. The van der Waals surface area contributed by atoms with Gasteiger partial charge in [0.15, 0.2) is 0 Å². The minimum Gasteiger partial charge on any atom is -0.385 e. The number of halogens is 2. The number of aliphatic hydroxyl groups is 1. The summed E-state index contributed by atoms with van der Waals surface area (Å²) in [7, 11) is 0. The van der Waals surface area contributed by atoms with Crippen LogP contribution >= 0.6 is 15.9 Å². The lowest BCUT2D eigenvalue weighted by molar-refractivity contribution is -0.0559. The Morgan fingerprint density at radius 3 is 2.12 bits per heavy atom. The molecule has 0 saturated carbocycles. The van der Waals surface area contributed by atoms with E-state index in [-0.39, 0.29) is 17.7 Å². The first kappa shape index (κ1) is 13.7. The zero-order valence-corrected chi connectivity index (χ0v) is 11.7. The van der Waals surface area contributed by atoms with Crippen LogP contribution in [0.15, 0.2) is 22.7 Å². The zero-order valence-electron chi connectivity index (χ0n) is 10.1. The first-order valence-electron chi connectivity index (χ1n) is 5.48. The lowest BCUT2D eigenvalue weighted by Gasteiger charge is -2.37. The van der Waals surface area contributed by atoms with Gasteiger partial charge in [0.2, 0.25) is 0 Å². The Balaban J connectivity index is 3.37. The van der Waals surface area contributed by atoms with Crippen molar-refractivity contribution in [2.24, 2.45) is 11.8 Å². The van der Waals surface area contributed by atoms with Crippen molar-refractivity contribution in [3.8, 4) is 0 Å². The molecule has 0 saturated heterocycles. The molecule has 1 N–H and O–H groups in total. The molecule has 3 heteroatoms. The van der Waals surface area contributed by atoms with E-state index in [0.717, 1.165) is 4.47 Å². The van der Waals surface area contributed by atoms with Crippen molar-refractivity contribution in [1.29, 1.82) is 0 Å². The van der Waals surface area contributed by atoms with Crippen LogP contribution in [-0.4, -0.2) is 5.11 Å². The van der Waals surface area contributed by atoms with E-state index in [4.69, 9.17) is 0 Å². The van der Waals surface area contributed by atoms with Crippen LogP contribution in [0, 0.1) is 17.7 Å². The van der Waals surface area contributed by atoms with Crippen molar-refractivity contribution in [3.05, 3.63) is 34.1 Å². The summed E-state index contributed by atoms with van der Waals surface area (Å²) in [4.78, 5) is 0. The number of hydrogen-bond donors (Lipinski definition) is 1. The molecule has 1 aromatic carbocycles. The molecular weight excluding hydrogens is 271 g/mol. The molecule has 1 rings (SSSR count). The summed E-state index contributed by atoms with van der Waals surface area (Å²) < 4.78 is 14.6. The summed E-state index contributed by atoms with van der Waals surface area (Å²) in [5.41, 5.74) is -0.764. The fourth-order valence-corrected chi connectivity index (χ4v) is 2.45. The maximum Gasteiger partial charge on any atom is 0.129 e. The number of hydrogen-bond acceptors (Lipinski definition) is 1. The van der Waals surface area contributed by atoms with Crippen LogP contribution in [0.4, 0.5) is 4.39 Å². The highest BCUT2D eigenvalue weighted by atomic mass is 79.9. The molecule has 0 fully saturated rings. The van der Waals surface area contributed by atoms with Gasteiger partial charge in [-0.2, -0.15) is 0 Å². The Kier molecular flexibility index (Phi) is 4.13. The van der Waals surface area contributed by atoms with Gasteiger partial charge < -0.3 is 5.11 Å². The van der Waals surface area contributed by atoms with E-state index in [9.17, 15) is 9.50 Å². The standard InChI is InChI=1S/C13H18BrFO/c1-8(2)13(16,9(3)4)11-7-10(14)5-6-12(11)15/h5-9,16H,1-4H3. The van der Waals surface area contributed by atoms with Gasteiger partial charge in [0, 0.05) is 10.0 Å². The van der Waals surface area contributed by atoms with Crippen molar-refractivity contribution in [3.63, 3.8) is 0 Å². The summed E-state index contributed by atoms with van der Waals surface area (Å²) >= 11 is 3.31. The minimum atomic E-state index is -1.13. The van der Waals surface area contributed by atoms with Gasteiger partial charge in [0.1, 0.15) is 5.82 Å². The molecule has 0 atom stereocenters. The fraction of sp³-hybridized carbons (Fsp3) is 0.538. The van der Waals surface area contributed by atoms with Gasteiger partial charge in [-0.3, -0.25) is 0 Å². The molecule has 0 heterocycles. The molecule has 0 unspecified atom stereocenters. The van der Waals surface area contributed by atoms with Crippen LogP contribution in [0.5, 0.6) is 0 Å². The Labute approximate surface area is 105 Å². The Morgan fingerprint density at radius 1 is 1.19 bits per heavy atom. The van der Waals surface area contributed by atoms with Crippen LogP contribution in [0.1, 0.15) is 33.3 Å². The zero-order chi connectivity index (χ0) is 12.5. The molecule has 0 bridgehead atoms. The van der Waals surface area contributed by atoms with E-state index in [1.165, 1.54) is 6.07 Å². The van der Waals surface area contributed by atoms with Gasteiger partial charge in [0.05, 0.1) is 5.60 Å². The van der Waals surface area contributed by atoms with Crippen LogP contribution in [0.2, 0.25) is 0 Å². The van der Waals surface area contributed by atoms with E-state index in [0.29, 0.717) is 5.56 Å². The van der Waals surface area contributed by atoms with Gasteiger partial charge in [-0.05, 0) is 30.0 Å². The van der Waals surface area contributed by atoms with E-state index in [1.807, 2.05) is 27.7 Å². The molecule has 0 aliphatic carbocycles. The SMILES string of the molecule is CC(C)C(O)(c1cc(Br)ccc1F)C(C)C. The van der Waals surface area contributed by atoms with Crippen LogP contribution in [-0.2, 0) is 5.60 Å². The third-order valence-electron chi connectivity index (χ3n) is 3.12. The molecule has 16 heavy (non-hydrogen) atoms. The van der Waals surface area contributed by atoms with E-state index in [1.54, 1.807) is 12.1 Å². The largest absolute Gasteiger partial charge is 0.385 e. The maximum atomic E-state index is 13.8. The molecule has 0 spiro atoms. The third kappa shape index (κ3) is 2.30. The smallest absolute Gasteiger partial charge is 0.129 e. The molecule has 90 valence electrons. The molecule has 1 aromatic rings. The van der Waals surface area contributed by atoms with Crippen molar-refractivity contribution < 1.29 is 9.50 Å². The molecule has 0 radical (unpaired) electrons. The number of rotatable bonds is 3. The van der Waals surface area contributed by atoms with Gasteiger partial charge >= 0.3 is 0 Å². The molecule has 0 aliphatic heterocycles. The predicted octanol–water partition coefficient (Wildman–Crippen LogP) is 4.09. The molecule has 1 nitrogen and oxygen atoms in total. The summed E-state index contributed by atoms with van der Waals surface area (Å²) in [6.07, 6.45) is 0. The molecular formula is C13H18BrFO. The Morgan fingerprint density at radius 2 is 1.69 bits per heavy atom. The van der Waals surface area contributed by atoms with Crippen LogP contribution in [0.25, 0.3) is 0 Å². The van der Waals surface area contributed by atoms with Crippen molar-refractivity contribution in [2.45, 2.75) is 33.3 Å². The highest BCUT2D eigenvalue weighted by molar-refractivity contribution is 9.10. The topological polar surface area (TPSA) is 20.2 Å². The Hall–Kier alpha value is -0.410. The van der Waals surface area contributed by atoms with Gasteiger partial charge in [-0.15, -0.1) is 0 Å². The predicted molar refractivity (Wildman–Crippen MR) is 67.7 cm³/mol. The average molecular weight is 289 g/mol. The summed E-state index contributed by atoms with van der Waals surface area (Å²) in [5, 5.41) is 10.7. The second kappa shape index (κ2) is 4.84. The molecule has 0 aliphatic rings. The minimum absolute atomic E-state index is 0.0451. The normalized spacial score (nSPS) is 12.6. The summed E-state index contributed by atoms with van der Waals surface area (Å²) in [6, 6.07) is 4.68. The average Bonchev–Trinajstić information content (AvgIpc) is 2.19. The van der Waals surface area contributed by atoms with E-state index in [2.05, 4.69) is 15.9 Å². The van der Waals surface area contributed by atoms with E-state index >= 15 is 0 Å². The summed E-state index contributed by atoms with van der Waals surface area (Å²) in [5.74, 6) is -0.444. The quantitative estimate of drug-likeness (QED) is 0.888.